The van der Waals surface area contributed by atoms with E-state index in [1.165, 1.54) is 17.6 Å². The number of benzene rings is 1. The topological polar surface area (TPSA) is 17.1 Å². The third-order valence-electron chi connectivity index (χ3n) is 2.89. The number of unbranched alkanes of at least 4 members (excludes halogenated alkanes) is 3. The first-order chi connectivity index (χ1) is 9.33. The first kappa shape index (κ1) is 15.2. The SMILES string of the molecule is C=C(/C=C/c1ccccc1)CCCCC/C=C/C=O. The van der Waals surface area contributed by atoms with Crippen LogP contribution in [0.4, 0.5) is 0 Å². The number of carbonyl (C=O) groups excluding carboxylic acids is 1. The lowest BCUT2D eigenvalue weighted by Gasteiger charge is -2.00. The molecule has 0 radical (unpaired) electrons. The summed E-state index contributed by atoms with van der Waals surface area (Å²) >= 11 is 0. The van der Waals surface area contributed by atoms with E-state index in [0.717, 1.165) is 32.0 Å². The molecule has 0 aliphatic rings. The molecule has 0 aliphatic carbocycles. The Morgan fingerprint density at radius 2 is 1.89 bits per heavy atom. The summed E-state index contributed by atoms with van der Waals surface area (Å²) in [6.07, 6.45) is 14.0. The van der Waals surface area contributed by atoms with Gasteiger partial charge in [-0.05, 0) is 37.3 Å². The van der Waals surface area contributed by atoms with E-state index < -0.39 is 0 Å². The largest absolute Gasteiger partial charge is 0.299 e. The molecule has 0 N–H and O–H groups in total. The normalized spacial score (nSPS) is 11.2. The predicted molar refractivity (Wildman–Crippen MR) is 82.9 cm³/mol. The van der Waals surface area contributed by atoms with Gasteiger partial charge in [-0.1, -0.05) is 67.1 Å². The van der Waals surface area contributed by atoms with Crippen molar-refractivity contribution in [3.05, 3.63) is 66.3 Å². The Labute approximate surface area is 116 Å². The molecule has 0 saturated carbocycles. The Kier molecular flexibility index (Phi) is 8.04. The van der Waals surface area contributed by atoms with Crippen LogP contribution in [0.1, 0.15) is 37.7 Å². The van der Waals surface area contributed by atoms with E-state index in [2.05, 4.69) is 30.9 Å². The Morgan fingerprint density at radius 3 is 2.63 bits per heavy atom. The molecule has 0 unspecified atom stereocenters. The summed E-state index contributed by atoms with van der Waals surface area (Å²) in [5.41, 5.74) is 2.38. The van der Waals surface area contributed by atoms with Crippen molar-refractivity contribution < 1.29 is 4.79 Å². The van der Waals surface area contributed by atoms with E-state index in [9.17, 15) is 4.79 Å². The monoisotopic (exact) mass is 254 g/mol. The van der Waals surface area contributed by atoms with Gasteiger partial charge >= 0.3 is 0 Å². The van der Waals surface area contributed by atoms with Crippen LogP contribution in [0.2, 0.25) is 0 Å². The molecule has 1 aromatic carbocycles. The molecule has 1 aromatic rings. The van der Waals surface area contributed by atoms with Crippen LogP contribution in [0.3, 0.4) is 0 Å². The van der Waals surface area contributed by atoms with Crippen molar-refractivity contribution in [2.45, 2.75) is 32.1 Å². The van der Waals surface area contributed by atoms with Gasteiger partial charge in [0.05, 0.1) is 0 Å². The van der Waals surface area contributed by atoms with Crippen LogP contribution < -0.4 is 0 Å². The van der Waals surface area contributed by atoms with Crippen molar-refractivity contribution in [3.8, 4) is 0 Å². The number of aldehydes is 1. The second kappa shape index (κ2) is 10.1. The summed E-state index contributed by atoms with van der Waals surface area (Å²) in [6, 6.07) is 10.3. The highest BCUT2D eigenvalue weighted by molar-refractivity contribution is 5.64. The van der Waals surface area contributed by atoms with Crippen molar-refractivity contribution >= 4 is 12.4 Å². The van der Waals surface area contributed by atoms with Gasteiger partial charge in [0.15, 0.2) is 0 Å². The first-order valence-electron chi connectivity index (χ1n) is 6.84. The van der Waals surface area contributed by atoms with Gasteiger partial charge in [-0.15, -0.1) is 0 Å². The number of carbonyl (C=O) groups is 1. The Balaban J connectivity index is 2.13. The van der Waals surface area contributed by atoms with E-state index in [1.54, 1.807) is 6.08 Å². The number of hydrogen-bond acceptors (Lipinski definition) is 1. The molecule has 1 rings (SSSR count). The van der Waals surface area contributed by atoms with Gasteiger partial charge in [-0.2, -0.15) is 0 Å². The van der Waals surface area contributed by atoms with E-state index in [-0.39, 0.29) is 0 Å². The summed E-state index contributed by atoms with van der Waals surface area (Å²) in [5.74, 6) is 0. The molecule has 0 aromatic heterocycles. The third-order valence-corrected chi connectivity index (χ3v) is 2.89. The molecule has 0 atom stereocenters. The van der Waals surface area contributed by atoms with Crippen LogP contribution in [-0.4, -0.2) is 6.29 Å². The standard InChI is InChI=1S/C18H22O/c1-17(11-7-4-2-3-5-10-16-19)14-15-18-12-8-6-9-13-18/h5-6,8-10,12-16H,1-4,7,11H2/b10-5+,15-14+. The quantitative estimate of drug-likeness (QED) is 0.263. The Hall–Kier alpha value is -1.89. The molecule has 0 amide bonds. The second-order valence-corrected chi connectivity index (χ2v) is 4.57. The molecule has 0 spiro atoms. The van der Waals surface area contributed by atoms with E-state index in [0.29, 0.717) is 0 Å². The van der Waals surface area contributed by atoms with Crippen LogP contribution in [0, 0.1) is 0 Å². The molecule has 1 heteroatoms. The average Bonchev–Trinajstić information content (AvgIpc) is 2.45. The first-order valence-corrected chi connectivity index (χ1v) is 6.84. The van der Waals surface area contributed by atoms with Crippen LogP contribution in [-0.2, 0) is 4.79 Å². The highest BCUT2D eigenvalue weighted by atomic mass is 16.1. The van der Waals surface area contributed by atoms with E-state index in [4.69, 9.17) is 0 Å². The fraction of sp³-hybridized carbons (Fsp3) is 0.278. The average molecular weight is 254 g/mol. The van der Waals surface area contributed by atoms with E-state index >= 15 is 0 Å². The van der Waals surface area contributed by atoms with Crippen molar-refractivity contribution in [2.75, 3.05) is 0 Å². The lowest BCUT2D eigenvalue weighted by atomic mass is 10.1. The lowest BCUT2D eigenvalue weighted by Crippen LogP contribution is -1.80. The van der Waals surface area contributed by atoms with Crippen molar-refractivity contribution in [3.63, 3.8) is 0 Å². The Morgan fingerprint density at radius 1 is 1.11 bits per heavy atom. The van der Waals surface area contributed by atoms with Gasteiger partial charge in [0.2, 0.25) is 0 Å². The van der Waals surface area contributed by atoms with E-state index in [1.807, 2.05) is 24.3 Å². The summed E-state index contributed by atoms with van der Waals surface area (Å²) in [4.78, 5) is 10.1. The second-order valence-electron chi connectivity index (χ2n) is 4.57. The van der Waals surface area contributed by atoms with Crippen LogP contribution in [0.25, 0.3) is 6.08 Å². The molecular weight excluding hydrogens is 232 g/mol. The lowest BCUT2D eigenvalue weighted by molar-refractivity contribution is -0.104. The smallest absolute Gasteiger partial charge is 0.142 e. The molecule has 19 heavy (non-hydrogen) atoms. The van der Waals surface area contributed by atoms with Gasteiger partial charge < -0.3 is 0 Å². The zero-order valence-corrected chi connectivity index (χ0v) is 11.4. The zero-order valence-electron chi connectivity index (χ0n) is 11.4. The predicted octanol–water partition coefficient (Wildman–Crippen LogP) is 4.96. The molecule has 0 saturated heterocycles. The number of allylic oxidation sites excluding steroid dienone is 4. The molecule has 0 heterocycles. The number of rotatable bonds is 9. The maximum absolute atomic E-state index is 10.1. The van der Waals surface area contributed by atoms with Crippen LogP contribution in [0.15, 0.2) is 60.7 Å². The summed E-state index contributed by atoms with van der Waals surface area (Å²) in [7, 11) is 0. The van der Waals surface area contributed by atoms with Gasteiger partial charge in [-0.3, -0.25) is 4.79 Å². The maximum atomic E-state index is 10.1. The number of hydrogen-bond donors (Lipinski definition) is 0. The Bertz CT molecular complexity index is 426. The minimum Gasteiger partial charge on any atom is -0.299 e. The molecule has 0 fully saturated rings. The molecular formula is C18H22O. The van der Waals surface area contributed by atoms with Gasteiger partial charge in [0.25, 0.3) is 0 Å². The third kappa shape index (κ3) is 7.93. The van der Waals surface area contributed by atoms with Crippen molar-refractivity contribution in [2.24, 2.45) is 0 Å². The zero-order chi connectivity index (χ0) is 13.8. The van der Waals surface area contributed by atoms with Crippen LogP contribution in [0.5, 0.6) is 0 Å². The van der Waals surface area contributed by atoms with Crippen molar-refractivity contribution in [1.82, 2.24) is 0 Å². The molecule has 1 nitrogen and oxygen atoms in total. The summed E-state index contributed by atoms with van der Waals surface area (Å²) in [6.45, 7) is 4.07. The molecule has 0 bridgehead atoms. The summed E-state index contributed by atoms with van der Waals surface area (Å²) < 4.78 is 0. The molecule has 100 valence electrons. The minimum absolute atomic E-state index is 0.830. The minimum atomic E-state index is 0.830. The van der Waals surface area contributed by atoms with Crippen molar-refractivity contribution in [1.29, 1.82) is 0 Å². The fourth-order valence-corrected chi connectivity index (χ4v) is 1.80. The highest BCUT2D eigenvalue weighted by Gasteiger charge is 1.91. The van der Waals surface area contributed by atoms with Gasteiger partial charge in [0, 0.05) is 0 Å². The van der Waals surface area contributed by atoms with Gasteiger partial charge in [-0.25, -0.2) is 0 Å². The van der Waals surface area contributed by atoms with Crippen LogP contribution >= 0.6 is 0 Å². The fourth-order valence-electron chi connectivity index (χ4n) is 1.80. The highest BCUT2D eigenvalue weighted by Crippen LogP contribution is 2.12. The molecule has 0 aliphatic heterocycles. The van der Waals surface area contributed by atoms with Gasteiger partial charge in [0.1, 0.15) is 6.29 Å². The maximum Gasteiger partial charge on any atom is 0.142 e. The summed E-state index contributed by atoms with van der Waals surface area (Å²) in [5, 5.41) is 0.